The van der Waals surface area contributed by atoms with Gasteiger partial charge in [-0.1, -0.05) is 0 Å². The second-order valence-electron chi connectivity index (χ2n) is 0. The van der Waals surface area contributed by atoms with Crippen LogP contribution in [0.5, 0.6) is 0 Å². The van der Waals surface area contributed by atoms with E-state index < -0.39 is 0 Å². The van der Waals surface area contributed by atoms with E-state index in [9.17, 15) is 0 Å². The third-order valence-electron chi connectivity index (χ3n) is 0. The van der Waals surface area contributed by atoms with Gasteiger partial charge in [-0.25, -0.2) is 0 Å². The third kappa shape index (κ3) is 24.0. The zero-order valence-electron chi connectivity index (χ0n) is 1.13. The molecule has 0 aliphatic carbocycles. The molecule has 0 unspecified atom stereocenters. The first-order valence-corrected chi connectivity index (χ1v) is 0. The molecule has 0 rings (SSSR count). The molecule has 0 aromatic heterocycles. The van der Waals surface area contributed by atoms with E-state index >= 15 is 0 Å². The van der Waals surface area contributed by atoms with Crippen LogP contribution in [0.1, 0.15) is 0 Å². The molecule has 0 bridgehead atoms. The van der Waals surface area contributed by atoms with Crippen molar-refractivity contribution in [1.82, 2.24) is 0 Å². The minimum Gasteiger partial charge on any atom is -0.0149 e. The Balaban J connectivity index is 0. The molecular formula is H7BCrMoNiSi. The van der Waals surface area contributed by atoms with Gasteiger partial charge < -0.3 is 0 Å². The summed E-state index contributed by atoms with van der Waals surface area (Å²) in [5, 5.41) is 0. The first kappa shape index (κ1) is 63.1. The second-order valence-corrected chi connectivity index (χ2v) is 0. The molecule has 0 atom stereocenters. The summed E-state index contributed by atoms with van der Waals surface area (Å²) in [6.45, 7) is 0. The quantitative estimate of drug-likeness (QED) is 0.414. The van der Waals surface area contributed by atoms with Gasteiger partial charge in [0.15, 0.2) is 0 Å². The van der Waals surface area contributed by atoms with E-state index in [0.29, 0.717) is 0 Å². The van der Waals surface area contributed by atoms with E-state index in [1.54, 1.807) is 0 Å². The van der Waals surface area contributed by atoms with Gasteiger partial charge in [0.05, 0.1) is 8.41 Å². The van der Waals surface area contributed by atoms with Crippen LogP contribution < -0.4 is 0 Å². The first-order chi connectivity index (χ1) is 0. The van der Waals surface area contributed by atoms with Gasteiger partial charge in [0, 0.05) is 54.9 Å². The van der Waals surface area contributed by atoms with Crippen LogP contribution in [-0.4, -0.2) is 19.4 Å². The molecule has 0 aromatic carbocycles. The van der Waals surface area contributed by atoms with Crippen LogP contribution in [0.25, 0.3) is 0 Å². The van der Waals surface area contributed by atoms with Gasteiger partial charge in [-0.05, 0) is 11.0 Å². The van der Waals surface area contributed by atoms with Crippen molar-refractivity contribution < 1.29 is 54.9 Å². The largest absolute Gasteiger partial charge is 0.0814 e. The molecule has 0 saturated carbocycles. The maximum absolute atomic E-state index is 0. The minimum absolute atomic E-state index is 0. The van der Waals surface area contributed by atoms with Crippen molar-refractivity contribution >= 4 is 19.4 Å². The van der Waals surface area contributed by atoms with Gasteiger partial charge in [0.25, 0.3) is 0 Å². The average molecular weight is 253 g/mol. The molecule has 0 N–H and O–H groups in total. The SMILES string of the molecule is B.[Cr].[Mo].[Ni].[SiH4]. The number of rotatable bonds is 0. The summed E-state index contributed by atoms with van der Waals surface area (Å²) < 4.78 is 0. The summed E-state index contributed by atoms with van der Waals surface area (Å²) in [5.74, 6) is 0. The Morgan fingerprint density at radius 2 is 1.00 bits per heavy atom. The van der Waals surface area contributed by atoms with Crippen molar-refractivity contribution in [2.24, 2.45) is 0 Å². The summed E-state index contributed by atoms with van der Waals surface area (Å²) in [6, 6.07) is 0. The second kappa shape index (κ2) is 37.6. The Kier molecular flexibility index (Phi) is 474. The smallest absolute Gasteiger partial charge is 0.0149 e. The average Bonchev–Trinajstić information content (AvgIpc) is 0. The monoisotopic (exact) mass is 254 g/mol. The van der Waals surface area contributed by atoms with Crippen molar-refractivity contribution in [1.29, 1.82) is 0 Å². The summed E-state index contributed by atoms with van der Waals surface area (Å²) in [6.07, 6.45) is 0. The van der Waals surface area contributed by atoms with Crippen LogP contribution in [0.3, 0.4) is 0 Å². The fourth-order valence-electron chi connectivity index (χ4n) is 0. The molecule has 0 saturated heterocycles. The molecule has 0 aromatic rings. The van der Waals surface area contributed by atoms with E-state index in [1.807, 2.05) is 0 Å². The molecule has 0 heterocycles. The first-order valence-electron chi connectivity index (χ1n) is 0. The molecule has 0 aliphatic rings. The van der Waals surface area contributed by atoms with Gasteiger partial charge in [0.1, 0.15) is 0 Å². The Hall–Kier alpha value is 2.00. The zero-order valence-corrected chi connectivity index (χ0v) is 5.40. The van der Waals surface area contributed by atoms with Crippen LogP contribution in [0.4, 0.5) is 0 Å². The molecule has 5 heavy (non-hydrogen) atoms. The number of hydrogen-bond donors (Lipinski definition) is 0. The van der Waals surface area contributed by atoms with Gasteiger partial charge in [0.2, 0.25) is 0 Å². The van der Waals surface area contributed by atoms with Crippen molar-refractivity contribution in [3.63, 3.8) is 0 Å². The van der Waals surface area contributed by atoms with Gasteiger partial charge in [-0.2, -0.15) is 0 Å². The van der Waals surface area contributed by atoms with E-state index in [0.717, 1.165) is 0 Å². The van der Waals surface area contributed by atoms with Crippen LogP contribution in [-0.2, 0) is 54.9 Å². The molecule has 0 aliphatic heterocycles. The molecule has 5 heteroatoms. The molecule has 0 amide bonds. The van der Waals surface area contributed by atoms with Gasteiger partial charge in [-0.15, -0.1) is 0 Å². The van der Waals surface area contributed by atoms with Crippen molar-refractivity contribution in [2.45, 2.75) is 0 Å². The van der Waals surface area contributed by atoms with E-state index in [1.165, 1.54) is 0 Å². The normalized spacial score (nSPS) is 0. The van der Waals surface area contributed by atoms with E-state index in [4.69, 9.17) is 0 Å². The summed E-state index contributed by atoms with van der Waals surface area (Å²) >= 11 is 0. The molecule has 0 spiro atoms. The molecule has 0 nitrogen and oxygen atoms in total. The standard InChI is InChI=1S/BH3.Cr.Mo.Ni.H4Si/h1H3;;;;1H4. The van der Waals surface area contributed by atoms with Gasteiger partial charge >= 0.3 is 0 Å². The Morgan fingerprint density at radius 1 is 1.00 bits per heavy atom. The van der Waals surface area contributed by atoms with Crippen LogP contribution in [0.15, 0.2) is 0 Å². The molecule has 0 radical (unpaired) electrons. The molecular weight excluding hydrogens is 246 g/mol. The molecule has 0 fully saturated rings. The third-order valence-corrected chi connectivity index (χ3v) is 0. The Morgan fingerprint density at radius 3 is 1.00 bits per heavy atom. The fourth-order valence-corrected chi connectivity index (χ4v) is 0. The van der Waals surface area contributed by atoms with E-state index in [-0.39, 0.29) is 74.3 Å². The van der Waals surface area contributed by atoms with Crippen molar-refractivity contribution in [3.05, 3.63) is 0 Å². The number of hydrogen-bond acceptors (Lipinski definition) is 0. The van der Waals surface area contributed by atoms with Crippen molar-refractivity contribution in [2.75, 3.05) is 0 Å². The summed E-state index contributed by atoms with van der Waals surface area (Å²) in [5.41, 5.74) is 0. The minimum atomic E-state index is 0. The predicted octanol–water partition coefficient (Wildman–Crippen LogP) is -2.64. The van der Waals surface area contributed by atoms with E-state index in [2.05, 4.69) is 0 Å². The predicted molar refractivity (Wildman–Crippen MR) is 21.3 cm³/mol. The van der Waals surface area contributed by atoms with Gasteiger partial charge in [-0.3, -0.25) is 0 Å². The molecule has 36 valence electrons. The van der Waals surface area contributed by atoms with Crippen LogP contribution in [0, 0.1) is 0 Å². The van der Waals surface area contributed by atoms with Crippen LogP contribution >= 0.6 is 0 Å². The zero-order chi connectivity index (χ0) is 0. The fraction of sp³-hybridized carbons (Fsp3) is 0. The maximum atomic E-state index is 0. The summed E-state index contributed by atoms with van der Waals surface area (Å²) in [7, 11) is 0. The Labute approximate surface area is 73.8 Å². The topological polar surface area (TPSA) is 0 Å². The maximum Gasteiger partial charge on any atom is 0.0814 e. The van der Waals surface area contributed by atoms with Crippen molar-refractivity contribution in [3.8, 4) is 0 Å². The summed E-state index contributed by atoms with van der Waals surface area (Å²) in [4.78, 5) is 0. The van der Waals surface area contributed by atoms with Crippen LogP contribution in [0.2, 0.25) is 0 Å². The Bertz CT molecular complexity index is 11.6.